The summed E-state index contributed by atoms with van der Waals surface area (Å²) in [6.45, 7) is 2.84. The Morgan fingerprint density at radius 2 is 1.91 bits per heavy atom. The maximum atomic E-state index is 10.0. The van der Waals surface area contributed by atoms with Gasteiger partial charge in [-0.1, -0.05) is 19.8 Å². The quantitative estimate of drug-likeness (QED) is 0.382. The minimum atomic E-state index is 0.183. The minimum absolute atomic E-state index is 0.183. The number of aliphatic imine (C=N–C) groups is 1. The normalized spacial score (nSPS) is 11.0. The van der Waals surface area contributed by atoms with E-state index in [9.17, 15) is 5.11 Å². The summed E-state index contributed by atoms with van der Waals surface area (Å²) in [6, 6.07) is 13.2. The van der Waals surface area contributed by atoms with Gasteiger partial charge in [0.2, 0.25) is 0 Å². The van der Waals surface area contributed by atoms with E-state index >= 15 is 0 Å². The van der Waals surface area contributed by atoms with Crippen LogP contribution in [0.1, 0.15) is 31.7 Å². The molecule has 0 saturated heterocycles. The Morgan fingerprint density at radius 1 is 1.14 bits per heavy atom. The number of nitrogens with zero attached hydrogens (tertiary/aromatic N) is 1. The highest BCUT2D eigenvalue weighted by atomic mass is 127. The van der Waals surface area contributed by atoms with Gasteiger partial charge in [-0.05, 0) is 65.4 Å². The van der Waals surface area contributed by atoms with Crippen molar-refractivity contribution in [2.45, 2.75) is 26.2 Å². The van der Waals surface area contributed by atoms with E-state index in [-0.39, 0.29) is 5.75 Å². The van der Waals surface area contributed by atoms with E-state index in [1.165, 1.54) is 9.99 Å². The van der Waals surface area contributed by atoms with E-state index in [2.05, 4.69) is 34.5 Å². The summed E-state index contributed by atoms with van der Waals surface area (Å²) in [5.74, 6) is 0.877. The molecular formula is C18H20INO2. The third kappa shape index (κ3) is 5.33. The fourth-order valence-corrected chi connectivity index (χ4v) is 2.30. The highest BCUT2D eigenvalue weighted by molar-refractivity contribution is 14.1. The number of aromatic hydroxyl groups is 1. The molecule has 1 N–H and O–H groups in total. The molecule has 2 aromatic rings. The van der Waals surface area contributed by atoms with Gasteiger partial charge in [0.1, 0.15) is 11.5 Å². The Kier molecular flexibility index (Phi) is 6.71. The van der Waals surface area contributed by atoms with Crippen molar-refractivity contribution in [1.82, 2.24) is 0 Å². The largest absolute Gasteiger partial charge is 0.507 e. The van der Waals surface area contributed by atoms with Gasteiger partial charge < -0.3 is 9.84 Å². The van der Waals surface area contributed by atoms with Crippen LogP contribution >= 0.6 is 22.6 Å². The van der Waals surface area contributed by atoms with Crippen LogP contribution in [0.3, 0.4) is 0 Å². The first kappa shape index (κ1) is 16.8. The van der Waals surface area contributed by atoms with Gasteiger partial charge in [0, 0.05) is 21.4 Å². The number of hydrogen-bond acceptors (Lipinski definition) is 3. The number of halogens is 1. The maximum absolute atomic E-state index is 10.0. The Morgan fingerprint density at radius 3 is 2.59 bits per heavy atom. The summed E-state index contributed by atoms with van der Waals surface area (Å²) in [5, 5.41) is 10.0. The van der Waals surface area contributed by atoms with Gasteiger partial charge in [0.05, 0.1) is 12.3 Å². The average Bonchev–Trinajstić information content (AvgIpc) is 2.52. The molecule has 0 spiro atoms. The lowest BCUT2D eigenvalue weighted by Gasteiger charge is -2.07. The SMILES string of the molecule is CCCCCOc1ccc(C=Nc2ccc(I)cc2)c(O)c1. The molecule has 0 aliphatic heterocycles. The van der Waals surface area contributed by atoms with Crippen LogP contribution in [0.15, 0.2) is 47.5 Å². The second kappa shape index (κ2) is 8.78. The number of hydrogen-bond donors (Lipinski definition) is 1. The van der Waals surface area contributed by atoms with Crippen LogP contribution in [0.2, 0.25) is 0 Å². The predicted octanol–water partition coefficient (Wildman–Crippen LogP) is 5.32. The number of rotatable bonds is 7. The third-order valence-electron chi connectivity index (χ3n) is 3.20. The standard InChI is InChI=1S/C18H20INO2/c1-2-3-4-11-22-17-10-5-14(18(21)12-17)13-20-16-8-6-15(19)7-9-16/h5-10,12-13,21H,2-4,11H2,1H3. The van der Waals surface area contributed by atoms with Crippen molar-refractivity contribution in [3.63, 3.8) is 0 Å². The number of phenolic OH excluding ortho intramolecular Hbond substituents is 1. The van der Waals surface area contributed by atoms with E-state index in [1.807, 2.05) is 36.4 Å². The monoisotopic (exact) mass is 409 g/mol. The molecule has 0 radical (unpaired) electrons. The molecule has 2 aromatic carbocycles. The summed E-state index contributed by atoms with van der Waals surface area (Å²) < 4.78 is 6.78. The molecular weight excluding hydrogens is 389 g/mol. The number of phenols is 1. The second-order valence-electron chi connectivity index (χ2n) is 5.01. The molecule has 22 heavy (non-hydrogen) atoms. The molecule has 2 rings (SSSR count). The van der Waals surface area contributed by atoms with Gasteiger partial charge in [0.25, 0.3) is 0 Å². The lowest BCUT2D eigenvalue weighted by Crippen LogP contribution is -1.97. The maximum Gasteiger partial charge on any atom is 0.128 e. The van der Waals surface area contributed by atoms with Gasteiger partial charge in [-0.15, -0.1) is 0 Å². The summed E-state index contributed by atoms with van der Waals surface area (Å²) in [7, 11) is 0. The molecule has 0 heterocycles. The van der Waals surface area contributed by atoms with Crippen molar-refractivity contribution in [3.05, 3.63) is 51.6 Å². The number of ether oxygens (including phenoxy) is 1. The van der Waals surface area contributed by atoms with Crippen molar-refractivity contribution in [3.8, 4) is 11.5 Å². The van der Waals surface area contributed by atoms with Crippen LogP contribution < -0.4 is 4.74 Å². The molecule has 0 unspecified atom stereocenters. The van der Waals surface area contributed by atoms with Gasteiger partial charge in [0.15, 0.2) is 0 Å². The molecule has 0 saturated carbocycles. The van der Waals surface area contributed by atoms with E-state index in [0.29, 0.717) is 17.9 Å². The second-order valence-corrected chi connectivity index (χ2v) is 6.26. The predicted molar refractivity (Wildman–Crippen MR) is 99.5 cm³/mol. The molecule has 4 heteroatoms. The van der Waals surface area contributed by atoms with E-state index < -0.39 is 0 Å². The molecule has 0 fully saturated rings. The van der Waals surface area contributed by atoms with Crippen molar-refractivity contribution < 1.29 is 9.84 Å². The molecule has 0 atom stereocenters. The Labute approximate surface area is 145 Å². The molecule has 0 aromatic heterocycles. The van der Waals surface area contributed by atoms with Crippen LogP contribution in [-0.2, 0) is 0 Å². The molecule has 0 bridgehead atoms. The Bertz CT molecular complexity index is 623. The summed E-state index contributed by atoms with van der Waals surface area (Å²) >= 11 is 2.26. The average molecular weight is 409 g/mol. The molecule has 3 nitrogen and oxygen atoms in total. The van der Waals surface area contributed by atoms with Crippen LogP contribution in [-0.4, -0.2) is 17.9 Å². The first-order valence-electron chi connectivity index (χ1n) is 7.44. The molecule has 0 aliphatic carbocycles. The number of benzene rings is 2. The van der Waals surface area contributed by atoms with Gasteiger partial charge >= 0.3 is 0 Å². The van der Waals surface area contributed by atoms with E-state index in [0.717, 1.165) is 18.5 Å². The fourth-order valence-electron chi connectivity index (χ4n) is 1.94. The van der Waals surface area contributed by atoms with E-state index in [4.69, 9.17) is 4.74 Å². The van der Waals surface area contributed by atoms with Crippen LogP contribution in [0.4, 0.5) is 5.69 Å². The minimum Gasteiger partial charge on any atom is -0.507 e. The first-order valence-corrected chi connectivity index (χ1v) is 8.52. The Hall–Kier alpha value is -1.56. The lowest BCUT2D eigenvalue weighted by molar-refractivity contribution is 0.304. The van der Waals surface area contributed by atoms with Crippen molar-refractivity contribution in [1.29, 1.82) is 0 Å². The zero-order chi connectivity index (χ0) is 15.8. The van der Waals surface area contributed by atoms with Crippen LogP contribution in [0.25, 0.3) is 0 Å². The Balaban J connectivity index is 1.98. The van der Waals surface area contributed by atoms with Gasteiger partial charge in [-0.2, -0.15) is 0 Å². The highest BCUT2D eigenvalue weighted by Gasteiger charge is 2.01. The smallest absolute Gasteiger partial charge is 0.128 e. The van der Waals surface area contributed by atoms with Crippen molar-refractivity contribution >= 4 is 34.5 Å². The summed E-state index contributed by atoms with van der Waals surface area (Å²) in [6.07, 6.45) is 5.03. The summed E-state index contributed by atoms with van der Waals surface area (Å²) in [4.78, 5) is 4.37. The summed E-state index contributed by atoms with van der Waals surface area (Å²) in [5.41, 5.74) is 1.54. The number of unbranched alkanes of at least 4 members (excludes halogenated alkanes) is 2. The third-order valence-corrected chi connectivity index (χ3v) is 3.92. The van der Waals surface area contributed by atoms with Crippen LogP contribution in [0, 0.1) is 3.57 Å². The van der Waals surface area contributed by atoms with Gasteiger partial charge in [-0.25, -0.2) is 0 Å². The molecule has 0 aliphatic rings. The van der Waals surface area contributed by atoms with E-state index in [1.54, 1.807) is 12.3 Å². The van der Waals surface area contributed by atoms with Crippen molar-refractivity contribution in [2.24, 2.45) is 4.99 Å². The topological polar surface area (TPSA) is 41.8 Å². The zero-order valence-corrected chi connectivity index (χ0v) is 14.8. The molecule has 0 amide bonds. The first-order chi connectivity index (χ1) is 10.7. The lowest BCUT2D eigenvalue weighted by atomic mass is 10.2. The fraction of sp³-hybridized carbons (Fsp3) is 0.278. The van der Waals surface area contributed by atoms with Crippen LogP contribution in [0.5, 0.6) is 11.5 Å². The highest BCUT2D eigenvalue weighted by Crippen LogP contribution is 2.23. The molecule has 116 valence electrons. The zero-order valence-electron chi connectivity index (χ0n) is 12.6. The van der Waals surface area contributed by atoms with Gasteiger partial charge in [-0.3, -0.25) is 4.99 Å². The van der Waals surface area contributed by atoms with Crippen molar-refractivity contribution in [2.75, 3.05) is 6.61 Å².